The molecule has 0 aromatic heterocycles. The third-order valence-electron chi connectivity index (χ3n) is 7.31. The molecule has 0 aromatic carbocycles. The summed E-state index contributed by atoms with van der Waals surface area (Å²) in [5.74, 6) is -0.221. The fourth-order valence-electron chi connectivity index (χ4n) is 6.66. The number of rotatable bonds is 3. The Bertz CT molecular complexity index is 618. The van der Waals surface area contributed by atoms with Gasteiger partial charge < -0.3 is 20.8 Å². The summed E-state index contributed by atoms with van der Waals surface area (Å²) in [6.07, 6.45) is 3.88. The van der Waals surface area contributed by atoms with Gasteiger partial charge in [0.2, 0.25) is 11.8 Å². The van der Waals surface area contributed by atoms with Gasteiger partial charge in [-0.15, -0.1) is 0 Å². The highest BCUT2D eigenvalue weighted by Crippen LogP contribution is 2.63. The number of likely N-dealkylation sites (tertiary alicyclic amines) is 1. The normalized spacial score (nSPS) is 48.4. The first kappa shape index (κ1) is 17.2. The van der Waals surface area contributed by atoms with Crippen LogP contribution in [0.5, 0.6) is 0 Å². The quantitative estimate of drug-likeness (QED) is 0.632. The van der Waals surface area contributed by atoms with Gasteiger partial charge in [0.15, 0.2) is 0 Å². The Morgan fingerprint density at radius 1 is 1.08 bits per heavy atom. The molecule has 3 unspecified atom stereocenters. The number of aliphatic hydroxyl groups is 2. The van der Waals surface area contributed by atoms with E-state index in [1.165, 1.54) is 0 Å². The second kappa shape index (κ2) is 4.96. The van der Waals surface area contributed by atoms with E-state index in [9.17, 15) is 19.8 Å². The van der Waals surface area contributed by atoms with Crippen LogP contribution in [-0.2, 0) is 9.59 Å². The minimum atomic E-state index is -0.925. The smallest absolute Gasteiger partial charge is 0.239 e. The summed E-state index contributed by atoms with van der Waals surface area (Å²) in [4.78, 5) is 29.0. The molecule has 4 bridgehead atoms. The highest BCUT2D eigenvalue weighted by molar-refractivity contribution is 5.89. The fraction of sp³-hybridized carbons (Fsp3) is 0.889. The lowest BCUT2D eigenvalue weighted by molar-refractivity contribution is -0.231. The van der Waals surface area contributed by atoms with Gasteiger partial charge in [0.25, 0.3) is 0 Å². The van der Waals surface area contributed by atoms with Crippen LogP contribution in [0, 0.1) is 11.3 Å². The third-order valence-corrected chi connectivity index (χ3v) is 7.31. The molecule has 7 nitrogen and oxygen atoms in total. The van der Waals surface area contributed by atoms with Crippen LogP contribution in [0.2, 0.25) is 0 Å². The molecular formula is C18H29N3O4. The minimum Gasteiger partial charge on any atom is -0.390 e. The summed E-state index contributed by atoms with van der Waals surface area (Å²) >= 11 is 0. The fourth-order valence-corrected chi connectivity index (χ4v) is 6.66. The van der Waals surface area contributed by atoms with Crippen molar-refractivity contribution in [3.8, 4) is 0 Å². The number of nitrogens with two attached hydrogens (primary N) is 1. The Morgan fingerprint density at radius 2 is 1.68 bits per heavy atom. The lowest BCUT2D eigenvalue weighted by Crippen LogP contribution is -2.67. The molecule has 3 atom stereocenters. The average molecular weight is 351 g/mol. The highest BCUT2D eigenvalue weighted by Gasteiger charge is 2.66. The van der Waals surface area contributed by atoms with Crippen molar-refractivity contribution in [3.63, 3.8) is 0 Å². The first-order valence-corrected chi connectivity index (χ1v) is 9.23. The van der Waals surface area contributed by atoms with E-state index in [1.807, 2.05) is 19.0 Å². The summed E-state index contributed by atoms with van der Waals surface area (Å²) in [5.41, 5.74) is 2.28. The molecule has 4 aliphatic carbocycles. The Morgan fingerprint density at radius 3 is 2.12 bits per heavy atom. The second-order valence-electron chi connectivity index (χ2n) is 9.50. The number of hydrogen-bond donors (Lipinski definition) is 3. The van der Waals surface area contributed by atoms with E-state index in [1.54, 1.807) is 4.90 Å². The van der Waals surface area contributed by atoms with Crippen molar-refractivity contribution < 1.29 is 19.8 Å². The molecule has 25 heavy (non-hydrogen) atoms. The zero-order valence-electron chi connectivity index (χ0n) is 15.1. The summed E-state index contributed by atoms with van der Waals surface area (Å²) in [6, 6.07) is 0. The van der Waals surface area contributed by atoms with E-state index < -0.39 is 28.1 Å². The maximum Gasteiger partial charge on any atom is 0.239 e. The van der Waals surface area contributed by atoms with Gasteiger partial charge in [-0.25, -0.2) is 0 Å². The van der Waals surface area contributed by atoms with Crippen molar-refractivity contribution >= 4 is 11.8 Å². The SMILES string of the molecule is CN(C)C1(C(N)=O)CCN(C(=O)C23CC4CC(O)(CC(O)(C4)C2)C3)C1. The van der Waals surface area contributed by atoms with Crippen molar-refractivity contribution in [2.45, 2.75) is 61.7 Å². The van der Waals surface area contributed by atoms with Crippen molar-refractivity contribution in [1.82, 2.24) is 9.80 Å². The van der Waals surface area contributed by atoms with Gasteiger partial charge >= 0.3 is 0 Å². The Hall–Kier alpha value is -1.18. The van der Waals surface area contributed by atoms with Crippen LogP contribution < -0.4 is 5.73 Å². The molecule has 1 aliphatic heterocycles. The molecule has 5 rings (SSSR count). The van der Waals surface area contributed by atoms with Crippen LogP contribution in [-0.4, -0.2) is 75.8 Å². The van der Waals surface area contributed by atoms with Gasteiger partial charge in [0.05, 0.1) is 16.6 Å². The van der Waals surface area contributed by atoms with E-state index in [0.29, 0.717) is 45.1 Å². The maximum absolute atomic E-state index is 13.4. The molecule has 4 saturated carbocycles. The second-order valence-corrected chi connectivity index (χ2v) is 9.50. The molecule has 1 heterocycles. The third kappa shape index (κ3) is 2.35. The molecule has 140 valence electrons. The van der Waals surface area contributed by atoms with Gasteiger partial charge in [-0.05, 0) is 58.5 Å². The predicted molar refractivity (Wildman–Crippen MR) is 90.3 cm³/mol. The molecule has 7 heteroatoms. The van der Waals surface area contributed by atoms with Crippen molar-refractivity contribution in [2.75, 3.05) is 27.2 Å². The van der Waals surface area contributed by atoms with Crippen LogP contribution in [0.25, 0.3) is 0 Å². The van der Waals surface area contributed by atoms with Crippen LogP contribution in [0.1, 0.15) is 44.9 Å². The van der Waals surface area contributed by atoms with Gasteiger partial charge in [-0.1, -0.05) is 0 Å². The van der Waals surface area contributed by atoms with Gasteiger partial charge in [0.1, 0.15) is 5.54 Å². The lowest BCUT2D eigenvalue weighted by Gasteiger charge is -2.62. The molecular weight excluding hydrogens is 322 g/mol. The summed E-state index contributed by atoms with van der Waals surface area (Å²) in [5, 5.41) is 21.8. The van der Waals surface area contributed by atoms with E-state index >= 15 is 0 Å². The molecule has 5 aliphatic rings. The number of hydrogen-bond acceptors (Lipinski definition) is 5. The first-order valence-electron chi connectivity index (χ1n) is 9.23. The topological polar surface area (TPSA) is 107 Å². The Labute approximate surface area is 148 Å². The molecule has 0 aromatic rings. The number of nitrogens with zero attached hydrogens (tertiary/aromatic N) is 2. The lowest BCUT2D eigenvalue weighted by atomic mass is 9.46. The molecule has 0 radical (unpaired) electrons. The van der Waals surface area contributed by atoms with E-state index in [-0.39, 0.29) is 18.4 Å². The molecule has 2 amide bonds. The molecule has 1 saturated heterocycles. The average Bonchev–Trinajstić information content (AvgIpc) is 2.88. The van der Waals surface area contributed by atoms with Crippen LogP contribution in [0.4, 0.5) is 0 Å². The number of amides is 2. The summed E-state index contributed by atoms with van der Waals surface area (Å²) in [6.45, 7) is 0.778. The maximum atomic E-state index is 13.4. The van der Waals surface area contributed by atoms with Crippen molar-refractivity contribution in [3.05, 3.63) is 0 Å². The molecule has 4 N–H and O–H groups in total. The Kier molecular flexibility index (Phi) is 3.42. The van der Waals surface area contributed by atoms with Gasteiger partial charge in [-0.3, -0.25) is 14.5 Å². The first-order chi connectivity index (χ1) is 11.5. The molecule has 5 fully saturated rings. The number of likely N-dealkylation sites (N-methyl/N-ethyl adjacent to an activating group) is 1. The molecule has 0 spiro atoms. The number of primary amides is 1. The predicted octanol–water partition coefficient (Wildman–Crippen LogP) is -0.549. The van der Waals surface area contributed by atoms with E-state index in [2.05, 4.69) is 0 Å². The monoisotopic (exact) mass is 351 g/mol. The number of carbonyl (C=O) groups is 2. The van der Waals surface area contributed by atoms with Crippen molar-refractivity contribution in [1.29, 1.82) is 0 Å². The van der Waals surface area contributed by atoms with Gasteiger partial charge in [-0.2, -0.15) is 0 Å². The standard InChI is InChI=1S/C18H29N3O4/c1-20(2)18(13(19)22)3-4-21(11-18)14(23)15-5-12-6-16(24,8-15)10-17(25,7-12)9-15/h12,24-25H,3-11H2,1-2H3,(H2,19,22). The van der Waals surface area contributed by atoms with E-state index in [0.717, 1.165) is 6.42 Å². The van der Waals surface area contributed by atoms with Gasteiger partial charge in [0, 0.05) is 19.5 Å². The summed E-state index contributed by atoms with van der Waals surface area (Å²) < 4.78 is 0. The largest absolute Gasteiger partial charge is 0.390 e. The van der Waals surface area contributed by atoms with Crippen molar-refractivity contribution in [2.24, 2.45) is 17.1 Å². The van der Waals surface area contributed by atoms with Crippen LogP contribution >= 0.6 is 0 Å². The van der Waals surface area contributed by atoms with Crippen LogP contribution in [0.3, 0.4) is 0 Å². The number of carbonyl (C=O) groups excluding carboxylic acids is 2. The zero-order chi connectivity index (χ0) is 18.3. The minimum absolute atomic E-state index is 0.0153. The highest BCUT2D eigenvalue weighted by atomic mass is 16.3. The zero-order valence-corrected chi connectivity index (χ0v) is 15.1. The van der Waals surface area contributed by atoms with Crippen LogP contribution in [0.15, 0.2) is 0 Å². The Balaban J connectivity index is 1.61. The summed E-state index contributed by atoms with van der Waals surface area (Å²) in [7, 11) is 3.63. The van der Waals surface area contributed by atoms with E-state index in [4.69, 9.17) is 5.73 Å².